The van der Waals surface area contributed by atoms with Crippen LogP contribution in [0.25, 0.3) is 10.9 Å². The number of hydrogen-bond acceptors (Lipinski definition) is 1. The van der Waals surface area contributed by atoms with Crippen molar-refractivity contribution in [3.8, 4) is 0 Å². The van der Waals surface area contributed by atoms with E-state index in [1.54, 1.807) is 0 Å². The van der Waals surface area contributed by atoms with E-state index in [0.29, 0.717) is 0 Å². The predicted molar refractivity (Wildman–Crippen MR) is 85.2 cm³/mol. The maximum Gasteiger partial charge on any atom is 0.0456 e. The summed E-state index contributed by atoms with van der Waals surface area (Å²) in [6, 6.07) is 16.4. The monoisotopic (exact) mass is 284 g/mol. The predicted octanol–water partition coefficient (Wildman–Crippen LogP) is 4.15. The van der Waals surface area contributed by atoms with Crippen LogP contribution < -0.4 is 5.32 Å². The molecule has 20 heavy (non-hydrogen) atoms. The number of fused-ring (bicyclic) bond motifs is 1. The molecule has 0 unspecified atom stereocenters. The molecule has 0 bridgehead atoms. The van der Waals surface area contributed by atoms with E-state index in [1.807, 2.05) is 12.1 Å². The summed E-state index contributed by atoms with van der Waals surface area (Å²) in [4.78, 5) is 3.31. The Hall–Kier alpha value is -1.77. The van der Waals surface area contributed by atoms with E-state index in [4.69, 9.17) is 11.6 Å². The van der Waals surface area contributed by atoms with Crippen LogP contribution >= 0.6 is 11.6 Å². The zero-order valence-electron chi connectivity index (χ0n) is 11.2. The van der Waals surface area contributed by atoms with Crippen molar-refractivity contribution in [2.45, 2.75) is 13.0 Å². The Labute approximate surface area is 123 Å². The Kier molecular flexibility index (Phi) is 4.05. The Morgan fingerprint density at radius 3 is 2.65 bits per heavy atom. The van der Waals surface area contributed by atoms with Gasteiger partial charge in [0.25, 0.3) is 0 Å². The molecule has 3 heteroatoms. The smallest absolute Gasteiger partial charge is 0.0456 e. The van der Waals surface area contributed by atoms with Crippen LogP contribution in [0.3, 0.4) is 0 Å². The molecule has 2 nitrogen and oxygen atoms in total. The van der Waals surface area contributed by atoms with E-state index in [9.17, 15) is 0 Å². The SMILES string of the molecule is Clc1ccc(CNCCc2c[nH]c3ccccc23)cc1. The lowest BCUT2D eigenvalue weighted by Crippen LogP contribution is -2.16. The van der Waals surface area contributed by atoms with Gasteiger partial charge in [0.2, 0.25) is 0 Å². The molecule has 0 fully saturated rings. The lowest BCUT2D eigenvalue weighted by Gasteiger charge is -2.04. The minimum atomic E-state index is 0.785. The van der Waals surface area contributed by atoms with Crippen molar-refractivity contribution in [3.63, 3.8) is 0 Å². The number of aromatic amines is 1. The fourth-order valence-electron chi connectivity index (χ4n) is 2.40. The maximum absolute atomic E-state index is 5.87. The number of hydrogen-bond donors (Lipinski definition) is 2. The number of aromatic nitrogens is 1. The first-order valence-corrected chi connectivity index (χ1v) is 7.21. The molecule has 0 saturated heterocycles. The lowest BCUT2D eigenvalue weighted by atomic mass is 10.1. The Bertz CT molecular complexity index is 686. The van der Waals surface area contributed by atoms with E-state index >= 15 is 0 Å². The van der Waals surface area contributed by atoms with Crippen molar-refractivity contribution in [1.82, 2.24) is 10.3 Å². The van der Waals surface area contributed by atoms with Gasteiger partial charge >= 0.3 is 0 Å². The van der Waals surface area contributed by atoms with Crippen molar-refractivity contribution < 1.29 is 0 Å². The van der Waals surface area contributed by atoms with Crippen LogP contribution in [0.4, 0.5) is 0 Å². The molecular formula is C17H17ClN2. The van der Waals surface area contributed by atoms with Crippen molar-refractivity contribution in [2.75, 3.05) is 6.54 Å². The summed E-state index contributed by atoms with van der Waals surface area (Å²) in [6.45, 7) is 1.84. The molecule has 0 radical (unpaired) electrons. The second-order valence-corrected chi connectivity index (χ2v) is 5.35. The highest BCUT2D eigenvalue weighted by Crippen LogP contribution is 2.17. The van der Waals surface area contributed by atoms with Gasteiger partial charge in [-0.3, -0.25) is 0 Å². The normalized spacial score (nSPS) is 11.1. The first kappa shape index (κ1) is 13.2. The van der Waals surface area contributed by atoms with Crippen LogP contribution in [-0.2, 0) is 13.0 Å². The van der Waals surface area contributed by atoms with Gasteiger partial charge in [-0.2, -0.15) is 0 Å². The van der Waals surface area contributed by atoms with E-state index in [1.165, 1.54) is 22.0 Å². The maximum atomic E-state index is 5.87. The number of halogens is 1. The van der Waals surface area contributed by atoms with Crippen LogP contribution in [-0.4, -0.2) is 11.5 Å². The van der Waals surface area contributed by atoms with Crippen molar-refractivity contribution in [3.05, 3.63) is 70.9 Å². The lowest BCUT2D eigenvalue weighted by molar-refractivity contribution is 0.688. The van der Waals surface area contributed by atoms with Gasteiger partial charge in [-0.25, -0.2) is 0 Å². The molecule has 2 aromatic carbocycles. The van der Waals surface area contributed by atoms with Crippen LogP contribution in [0.5, 0.6) is 0 Å². The zero-order valence-corrected chi connectivity index (χ0v) is 12.0. The van der Waals surface area contributed by atoms with Crippen molar-refractivity contribution in [2.24, 2.45) is 0 Å². The van der Waals surface area contributed by atoms with E-state index < -0.39 is 0 Å². The summed E-state index contributed by atoms with van der Waals surface area (Å²) < 4.78 is 0. The van der Waals surface area contributed by atoms with Gasteiger partial charge in [0.05, 0.1) is 0 Å². The Morgan fingerprint density at radius 1 is 1.00 bits per heavy atom. The highest BCUT2D eigenvalue weighted by Gasteiger charge is 2.02. The standard InChI is InChI=1S/C17H17ClN2/c18-15-7-5-13(6-8-15)11-19-10-9-14-12-20-17-4-2-1-3-16(14)17/h1-8,12,19-20H,9-11H2. The van der Waals surface area contributed by atoms with Gasteiger partial charge in [0.15, 0.2) is 0 Å². The largest absolute Gasteiger partial charge is 0.361 e. The topological polar surface area (TPSA) is 27.8 Å². The molecule has 0 aliphatic heterocycles. The van der Waals surface area contributed by atoms with Gasteiger partial charge in [-0.1, -0.05) is 41.9 Å². The van der Waals surface area contributed by atoms with Crippen molar-refractivity contribution >= 4 is 22.5 Å². The van der Waals surface area contributed by atoms with Gasteiger partial charge in [-0.15, -0.1) is 0 Å². The summed E-state index contributed by atoms with van der Waals surface area (Å²) in [6.07, 6.45) is 3.13. The molecule has 0 amide bonds. The number of rotatable bonds is 5. The molecule has 102 valence electrons. The van der Waals surface area contributed by atoms with Crippen LogP contribution in [0.2, 0.25) is 5.02 Å². The van der Waals surface area contributed by atoms with Crippen LogP contribution in [0.15, 0.2) is 54.7 Å². The molecule has 3 aromatic rings. The van der Waals surface area contributed by atoms with E-state index in [-0.39, 0.29) is 0 Å². The number of para-hydroxylation sites is 1. The minimum absolute atomic E-state index is 0.785. The minimum Gasteiger partial charge on any atom is -0.361 e. The third-order valence-electron chi connectivity index (χ3n) is 3.49. The third-order valence-corrected chi connectivity index (χ3v) is 3.74. The molecule has 0 atom stereocenters. The van der Waals surface area contributed by atoms with Gasteiger partial charge in [0, 0.05) is 28.7 Å². The quantitative estimate of drug-likeness (QED) is 0.677. The molecule has 2 N–H and O–H groups in total. The summed E-state index contributed by atoms with van der Waals surface area (Å²) in [7, 11) is 0. The average molecular weight is 285 g/mol. The fraction of sp³-hybridized carbons (Fsp3) is 0.176. The fourth-order valence-corrected chi connectivity index (χ4v) is 2.52. The summed E-state index contributed by atoms with van der Waals surface area (Å²) in [5.41, 5.74) is 3.83. The van der Waals surface area contributed by atoms with Gasteiger partial charge in [0.1, 0.15) is 0 Å². The molecule has 1 heterocycles. The van der Waals surface area contributed by atoms with Gasteiger partial charge < -0.3 is 10.3 Å². The third kappa shape index (κ3) is 3.03. The second kappa shape index (κ2) is 6.12. The first-order valence-electron chi connectivity index (χ1n) is 6.83. The average Bonchev–Trinajstić information content (AvgIpc) is 2.89. The highest BCUT2D eigenvalue weighted by atomic mass is 35.5. The molecule has 3 rings (SSSR count). The molecule has 0 aliphatic carbocycles. The molecule has 0 spiro atoms. The summed E-state index contributed by atoms with van der Waals surface area (Å²) >= 11 is 5.87. The number of nitrogens with one attached hydrogen (secondary N) is 2. The second-order valence-electron chi connectivity index (χ2n) is 4.91. The number of benzene rings is 2. The van der Waals surface area contributed by atoms with E-state index in [0.717, 1.165) is 24.5 Å². The molecule has 1 aromatic heterocycles. The van der Waals surface area contributed by atoms with Gasteiger partial charge in [-0.05, 0) is 42.3 Å². The van der Waals surface area contributed by atoms with Crippen LogP contribution in [0.1, 0.15) is 11.1 Å². The molecular weight excluding hydrogens is 268 g/mol. The molecule has 0 aliphatic rings. The number of H-pyrrole nitrogens is 1. The molecule has 0 saturated carbocycles. The Morgan fingerprint density at radius 2 is 1.80 bits per heavy atom. The zero-order chi connectivity index (χ0) is 13.8. The van der Waals surface area contributed by atoms with E-state index in [2.05, 4.69) is 52.9 Å². The summed E-state index contributed by atoms with van der Waals surface area (Å²) in [5, 5.41) is 5.57. The Balaban J connectivity index is 1.54. The summed E-state index contributed by atoms with van der Waals surface area (Å²) in [5.74, 6) is 0. The first-order chi connectivity index (χ1) is 9.83. The van der Waals surface area contributed by atoms with Crippen molar-refractivity contribution in [1.29, 1.82) is 0 Å². The van der Waals surface area contributed by atoms with Crippen LogP contribution in [0, 0.1) is 0 Å². The highest BCUT2D eigenvalue weighted by molar-refractivity contribution is 6.30.